The van der Waals surface area contributed by atoms with Crippen molar-refractivity contribution in [1.29, 1.82) is 0 Å². The van der Waals surface area contributed by atoms with Crippen molar-refractivity contribution in [2.45, 2.75) is 13.3 Å². The van der Waals surface area contributed by atoms with E-state index < -0.39 is 11.8 Å². The normalized spacial score (nSPS) is 10.0. The van der Waals surface area contributed by atoms with Crippen LogP contribution in [0.1, 0.15) is 11.1 Å². The van der Waals surface area contributed by atoms with E-state index in [4.69, 9.17) is 4.74 Å². The van der Waals surface area contributed by atoms with Gasteiger partial charge in [-0.25, -0.2) is 0 Å². The predicted molar refractivity (Wildman–Crippen MR) is 89.5 cm³/mol. The number of anilines is 1. The molecule has 0 fully saturated rings. The third-order valence-corrected chi connectivity index (χ3v) is 3.39. The number of rotatable bonds is 5. The van der Waals surface area contributed by atoms with Crippen LogP contribution in [0.3, 0.4) is 0 Å². The van der Waals surface area contributed by atoms with Gasteiger partial charge in [-0.3, -0.25) is 9.59 Å². The first kappa shape index (κ1) is 16.5. The summed E-state index contributed by atoms with van der Waals surface area (Å²) >= 11 is 0. The highest BCUT2D eigenvalue weighted by atomic mass is 16.5. The minimum Gasteiger partial charge on any atom is -0.496 e. The summed E-state index contributed by atoms with van der Waals surface area (Å²) in [6.07, 6.45) is 0.591. The van der Waals surface area contributed by atoms with Crippen molar-refractivity contribution in [2.75, 3.05) is 19.0 Å². The predicted octanol–water partition coefficient (Wildman–Crippen LogP) is 2.30. The number of amides is 2. The quantitative estimate of drug-likeness (QED) is 0.833. The number of para-hydroxylation sites is 1. The maximum Gasteiger partial charge on any atom is 0.313 e. The zero-order valence-corrected chi connectivity index (χ0v) is 13.3. The molecule has 0 saturated heterocycles. The molecule has 0 aliphatic rings. The standard InChI is InChI=1S/C18H20N2O3/c1-13-7-9-15(10-8-13)20-18(22)17(21)19-12-11-14-5-3-4-6-16(14)23-2/h3-10H,11-12H2,1-2H3,(H,19,21)(H,20,22). The number of hydrogen-bond donors (Lipinski definition) is 2. The van der Waals surface area contributed by atoms with Gasteiger partial charge in [0, 0.05) is 12.2 Å². The largest absolute Gasteiger partial charge is 0.496 e. The molecule has 0 unspecified atom stereocenters. The number of carbonyl (C=O) groups is 2. The molecule has 0 atom stereocenters. The average Bonchev–Trinajstić information content (AvgIpc) is 2.57. The first-order valence-corrected chi connectivity index (χ1v) is 7.38. The Kier molecular flexibility index (Phi) is 5.74. The molecule has 0 heterocycles. The van der Waals surface area contributed by atoms with E-state index in [1.54, 1.807) is 19.2 Å². The molecule has 23 heavy (non-hydrogen) atoms. The topological polar surface area (TPSA) is 67.4 Å². The van der Waals surface area contributed by atoms with E-state index in [0.29, 0.717) is 18.7 Å². The number of methoxy groups -OCH3 is 1. The first-order chi connectivity index (χ1) is 11.1. The van der Waals surface area contributed by atoms with Crippen molar-refractivity contribution in [3.05, 3.63) is 59.7 Å². The molecule has 5 heteroatoms. The minimum atomic E-state index is -0.672. The Balaban J connectivity index is 1.82. The lowest BCUT2D eigenvalue weighted by Gasteiger charge is -2.09. The molecule has 0 spiro atoms. The number of ether oxygens (including phenoxy) is 1. The lowest BCUT2D eigenvalue weighted by Crippen LogP contribution is -2.36. The fraction of sp³-hybridized carbons (Fsp3) is 0.222. The Morgan fingerprint density at radius 2 is 1.70 bits per heavy atom. The minimum absolute atomic E-state index is 0.362. The van der Waals surface area contributed by atoms with Crippen molar-refractivity contribution in [2.24, 2.45) is 0 Å². The fourth-order valence-electron chi connectivity index (χ4n) is 2.13. The van der Waals surface area contributed by atoms with Gasteiger partial charge in [-0.15, -0.1) is 0 Å². The zero-order valence-electron chi connectivity index (χ0n) is 13.3. The Hall–Kier alpha value is -2.82. The Bertz CT molecular complexity index is 681. The molecule has 0 aliphatic carbocycles. The number of nitrogens with one attached hydrogen (secondary N) is 2. The molecule has 2 aromatic rings. The van der Waals surface area contributed by atoms with E-state index in [0.717, 1.165) is 16.9 Å². The van der Waals surface area contributed by atoms with Crippen LogP contribution >= 0.6 is 0 Å². The number of hydrogen-bond acceptors (Lipinski definition) is 3. The van der Waals surface area contributed by atoms with Gasteiger partial charge in [-0.2, -0.15) is 0 Å². The summed E-state index contributed by atoms with van der Waals surface area (Å²) in [7, 11) is 1.60. The summed E-state index contributed by atoms with van der Waals surface area (Å²) in [5, 5.41) is 5.17. The van der Waals surface area contributed by atoms with Crippen molar-refractivity contribution in [3.63, 3.8) is 0 Å². The van der Waals surface area contributed by atoms with E-state index in [9.17, 15) is 9.59 Å². The van der Waals surface area contributed by atoms with E-state index in [1.807, 2.05) is 43.3 Å². The second kappa shape index (κ2) is 7.98. The summed E-state index contributed by atoms with van der Waals surface area (Å²) in [5.74, 6) is -0.555. The summed E-state index contributed by atoms with van der Waals surface area (Å²) < 4.78 is 5.25. The van der Waals surface area contributed by atoms with Crippen LogP contribution in [0.2, 0.25) is 0 Å². The number of carbonyl (C=O) groups excluding carboxylic acids is 2. The van der Waals surface area contributed by atoms with Gasteiger partial charge in [-0.1, -0.05) is 35.9 Å². The lowest BCUT2D eigenvalue weighted by atomic mass is 10.1. The van der Waals surface area contributed by atoms with Crippen molar-refractivity contribution < 1.29 is 14.3 Å². The van der Waals surface area contributed by atoms with Crippen LogP contribution in [-0.2, 0) is 16.0 Å². The molecule has 0 aromatic heterocycles. The Morgan fingerprint density at radius 1 is 1.00 bits per heavy atom. The van der Waals surface area contributed by atoms with Gasteiger partial charge >= 0.3 is 11.8 Å². The first-order valence-electron chi connectivity index (χ1n) is 7.38. The van der Waals surface area contributed by atoms with Crippen LogP contribution < -0.4 is 15.4 Å². The van der Waals surface area contributed by atoms with E-state index in [-0.39, 0.29) is 0 Å². The highest BCUT2D eigenvalue weighted by Crippen LogP contribution is 2.17. The van der Waals surface area contributed by atoms with Gasteiger partial charge in [0.15, 0.2) is 0 Å². The van der Waals surface area contributed by atoms with Gasteiger partial charge in [0.2, 0.25) is 0 Å². The lowest BCUT2D eigenvalue weighted by molar-refractivity contribution is -0.136. The molecule has 5 nitrogen and oxygen atoms in total. The molecular weight excluding hydrogens is 292 g/mol. The van der Waals surface area contributed by atoms with E-state index in [1.165, 1.54) is 0 Å². The van der Waals surface area contributed by atoms with Crippen LogP contribution in [0.4, 0.5) is 5.69 Å². The molecule has 0 radical (unpaired) electrons. The third-order valence-electron chi connectivity index (χ3n) is 3.39. The highest BCUT2D eigenvalue weighted by Gasteiger charge is 2.13. The van der Waals surface area contributed by atoms with Crippen molar-refractivity contribution >= 4 is 17.5 Å². The summed E-state index contributed by atoms with van der Waals surface area (Å²) in [6, 6.07) is 14.8. The molecule has 0 aliphatic heterocycles. The van der Waals surface area contributed by atoms with Crippen molar-refractivity contribution in [1.82, 2.24) is 5.32 Å². The molecule has 0 saturated carbocycles. The average molecular weight is 312 g/mol. The maximum absolute atomic E-state index is 11.8. The highest BCUT2D eigenvalue weighted by molar-refractivity contribution is 6.39. The van der Waals surface area contributed by atoms with E-state index in [2.05, 4.69) is 10.6 Å². The van der Waals surface area contributed by atoms with Crippen LogP contribution in [-0.4, -0.2) is 25.5 Å². The van der Waals surface area contributed by atoms with Crippen LogP contribution in [0.5, 0.6) is 5.75 Å². The monoisotopic (exact) mass is 312 g/mol. The van der Waals surface area contributed by atoms with Gasteiger partial charge in [0.25, 0.3) is 0 Å². The van der Waals surface area contributed by atoms with Gasteiger partial charge < -0.3 is 15.4 Å². The van der Waals surface area contributed by atoms with Crippen molar-refractivity contribution in [3.8, 4) is 5.75 Å². The molecule has 120 valence electrons. The molecule has 2 aromatic carbocycles. The third kappa shape index (κ3) is 4.85. The molecule has 2 rings (SSSR count). The summed E-state index contributed by atoms with van der Waals surface area (Å²) in [5.41, 5.74) is 2.67. The molecular formula is C18H20N2O3. The second-order valence-corrected chi connectivity index (χ2v) is 5.14. The Labute approximate surface area is 135 Å². The number of benzene rings is 2. The van der Waals surface area contributed by atoms with Crippen LogP contribution in [0.15, 0.2) is 48.5 Å². The zero-order chi connectivity index (χ0) is 16.7. The second-order valence-electron chi connectivity index (χ2n) is 5.14. The smallest absolute Gasteiger partial charge is 0.313 e. The number of aryl methyl sites for hydroxylation is 1. The Morgan fingerprint density at radius 3 is 2.39 bits per heavy atom. The molecule has 0 bridgehead atoms. The van der Waals surface area contributed by atoms with Crippen LogP contribution in [0.25, 0.3) is 0 Å². The maximum atomic E-state index is 11.8. The summed E-state index contributed by atoms with van der Waals surface area (Å²) in [6.45, 7) is 2.32. The molecule has 2 N–H and O–H groups in total. The van der Waals surface area contributed by atoms with E-state index >= 15 is 0 Å². The SMILES string of the molecule is COc1ccccc1CCNC(=O)C(=O)Nc1ccc(C)cc1. The van der Waals surface area contributed by atoms with Gasteiger partial charge in [0.05, 0.1) is 7.11 Å². The molecule has 2 amide bonds. The van der Waals surface area contributed by atoms with Gasteiger partial charge in [0.1, 0.15) is 5.75 Å². The van der Waals surface area contributed by atoms with Gasteiger partial charge in [-0.05, 0) is 37.1 Å². The summed E-state index contributed by atoms with van der Waals surface area (Å²) in [4.78, 5) is 23.6. The van der Waals surface area contributed by atoms with Crippen LogP contribution in [0, 0.1) is 6.92 Å². The fourth-order valence-corrected chi connectivity index (χ4v) is 2.13.